The van der Waals surface area contributed by atoms with E-state index in [2.05, 4.69) is 0 Å². The van der Waals surface area contributed by atoms with Crippen LogP contribution in [-0.4, -0.2) is 29.3 Å². The first-order valence-corrected chi connectivity index (χ1v) is 6.31. The number of piperidine rings is 1. The van der Waals surface area contributed by atoms with Gasteiger partial charge in [-0.15, -0.1) is 11.6 Å². The summed E-state index contributed by atoms with van der Waals surface area (Å²) in [6, 6.07) is 3.43. The van der Waals surface area contributed by atoms with Crippen molar-refractivity contribution in [3.63, 3.8) is 0 Å². The Morgan fingerprint density at radius 2 is 2.00 bits per heavy atom. The maximum absolute atomic E-state index is 13.5. The van der Waals surface area contributed by atoms with Crippen LogP contribution in [0.4, 0.5) is 8.78 Å². The molecule has 0 N–H and O–H groups in total. The molecule has 1 amide bonds. The Morgan fingerprint density at radius 3 is 2.56 bits per heavy atom. The normalized spacial score (nSPS) is 24.1. The molecule has 1 saturated heterocycles. The zero-order valence-electron chi connectivity index (χ0n) is 10.00. The predicted molar refractivity (Wildman–Crippen MR) is 65.7 cm³/mol. The van der Waals surface area contributed by atoms with Gasteiger partial charge >= 0.3 is 0 Å². The molecule has 1 heterocycles. The topological polar surface area (TPSA) is 20.3 Å². The van der Waals surface area contributed by atoms with Crippen molar-refractivity contribution < 1.29 is 13.6 Å². The molecule has 98 valence electrons. The van der Waals surface area contributed by atoms with Crippen LogP contribution in [0.2, 0.25) is 0 Å². The van der Waals surface area contributed by atoms with Crippen molar-refractivity contribution in [3.8, 4) is 0 Å². The smallest absolute Gasteiger partial charge is 0.259 e. The fourth-order valence-corrected chi connectivity index (χ4v) is 2.34. The van der Waals surface area contributed by atoms with Crippen molar-refractivity contribution in [2.45, 2.75) is 18.7 Å². The SMILES string of the molecule is CC1CN(C(=O)c2c(F)cccc2F)CCC1Cl. The Morgan fingerprint density at radius 1 is 1.39 bits per heavy atom. The molecule has 0 aromatic heterocycles. The lowest BCUT2D eigenvalue weighted by Crippen LogP contribution is -2.43. The summed E-state index contributed by atoms with van der Waals surface area (Å²) in [5.41, 5.74) is -0.474. The van der Waals surface area contributed by atoms with Gasteiger partial charge < -0.3 is 4.90 Å². The number of alkyl halides is 1. The number of amides is 1. The molecule has 1 aliphatic heterocycles. The highest BCUT2D eigenvalue weighted by Crippen LogP contribution is 2.24. The molecule has 2 nitrogen and oxygen atoms in total. The third-order valence-corrected chi connectivity index (χ3v) is 3.91. The molecule has 1 aromatic rings. The molecule has 1 aliphatic rings. The van der Waals surface area contributed by atoms with E-state index in [0.717, 1.165) is 12.1 Å². The van der Waals surface area contributed by atoms with Gasteiger partial charge in [0.2, 0.25) is 0 Å². The lowest BCUT2D eigenvalue weighted by atomic mass is 9.98. The number of nitrogens with zero attached hydrogens (tertiary/aromatic N) is 1. The maximum Gasteiger partial charge on any atom is 0.259 e. The molecule has 2 atom stereocenters. The van der Waals surface area contributed by atoms with Gasteiger partial charge in [0.25, 0.3) is 5.91 Å². The van der Waals surface area contributed by atoms with Crippen molar-refractivity contribution in [1.82, 2.24) is 4.90 Å². The van der Waals surface area contributed by atoms with Gasteiger partial charge in [0.1, 0.15) is 17.2 Å². The highest BCUT2D eigenvalue weighted by molar-refractivity contribution is 6.20. The molecule has 5 heteroatoms. The second kappa shape index (κ2) is 5.22. The summed E-state index contributed by atoms with van der Waals surface area (Å²) >= 11 is 6.06. The molecule has 0 aliphatic carbocycles. The second-order valence-electron chi connectivity index (χ2n) is 4.63. The van der Waals surface area contributed by atoms with Crippen molar-refractivity contribution in [2.24, 2.45) is 5.92 Å². The summed E-state index contributed by atoms with van der Waals surface area (Å²) < 4.78 is 27.0. The number of hydrogen-bond acceptors (Lipinski definition) is 1. The van der Waals surface area contributed by atoms with Gasteiger partial charge in [-0.3, -0.25) is 4.79 Å². The molecular weight excluding hydrogens is 260 g/mol. The van der Waals surface area contributed by atoms with E-state index < -0.39 is 23.1 Å². The number of hydrogen-bond donors (Lipinski definition) is 0. The molecule has 18 heavy (non-hydrogen) atoms. The van der Waals surface area contributed by atoms with Crippen LogP contribution < -0.4 is 0 Å². The third-order valence-electron chi connectivity index (χ3n) is 3.26. The zero-order valence-corrected chi connectivity index (χ0v) is 10.8. The summed E-state index contributed by atoms with van der Waals surface area (Å²) in [6.45, 7) is 2.79. The number of carbonyl (C=O) groups excluding carboxylic acids is 1. The van der Waals surface area contributed by atoms with E-state index in [0.29, 0.717) is 19.5 Å². The minimum atomic E-state index is -0.819. The highest BCUT2D eigenvalue weighted by atomic mass is 35.5. The Hall–Kier alpha value is -1.16. The second-order valence-corrected chi connectivity index (χ2v) is 5.19. The lowest BCUT2D eigenvalue weighted by Gasteiger charge is -2.34. The largest absolute Gasteiger partial charge is 0.338 e. The molecular formula is C13H14ClF2NO. The fourth-order valence-electron chi connectivity index (χ4n) is 2.16. The van der Waals surface area contributed by atoms with Crippen molar-refractivity contribution in [2.75, 3.05) is 13.1 Å². The molecule has 2 unspecified atom stereocenters. The Balaban J connectivity index is 2.22. The van der Waals surface area contributed by atoms with E-state index in [1.165, 1.54) is 11.0 Å². The van der Waals surface area contributed by atoms with Crippen LogP contribution in [-0.2, 0) is 0 Å². The van der Waals surface area contributed by atoms with Crippen LogP contribution in [0.1, 0.15) is 23.7 Å². The number of benzene rings is 1. The predicted octanol–water partition coefficient (Wildman–Crippen LogP) is 3.05. The quantitative estimate of drug-likeness (QED) is 0.720. The highest BCUT2D eigenvalue weighted by Gasteiger charge is 2.30. The summed E-state index contributed by atoms with van der Waals surface area (Å²) in [5, 5.41) is 0.0134. The number of halogens is 3. The van der Waals surface area contributed by atoms with Crippen LogP contribution >= 0.6 is 11.6 Å². The van der Waals surface area contributed by atoms with Crippen LogP contribution in [0, 0.1) is 17.6 Å². The van der Waals surface area contributed by atoms with Crippen LogP contribution in [0.25, 0.3) is 0 Å². The molecule has 1 aromatic carbocycles. The first-order chi connectivity index (χ1) is 8.50. The molecule has 0 spiro atoms. The number of carbonyl (C=O) groups is 1. The summed E-state index contributed by atoms with van der Waals surface area (Å²) in [6.07, 6.45) is 0.643. The minimum absolute atomic E-state index is 0.0134. The van der Waals surface area contributed by atoms with E-state index in [4.69, 9.17) is 11.6 Å². The van der Waals surface area contributed by atoms with E-state index in [1.807, 2.05) is 6.92 Å². The van der Waals surface area contributed by atoms with Gasteiger partial charge in [-0.25, -0.2) is 8.78 Å². The van der Waals surface area contributed by atoms with Gasteiger partial charge in [-0.05, 0) is 24.5 Å². The van der Waals surface area contributed by atoms with Crippen molar-refractivity contribution >= 4 is 17.5 Å². The average Bonchev–Trinajstić information content (AvgIpc) is 2.32. The van der Waals surface area contributed by atoms with Gasteiger partial charge in [0, 0.05) is 18.5 Å². The molecule has 2 rings (SSSR count). The van der Waals surface area contributed by atoms with Gasteiger partial charge in [-0.2, -0.15) is 0 Å². The molecule has 1 fully saturated rings. The number of rotatable bonds is 1. The first-order valence-electron chi connectivity index (χ1n) is 5.88. The molecule has 0 radical (unpaired) electrons. The number of likely N-dealkylation sites (tertiary alicyclic amines) is 1. The van der Waals surface area contributed by atoms with Crippen molar-refractivity contribution in [3.05, 3.63) is 35.4 Å². The van der Waals surface area contributed by atoms with Gasteiger partial charge in [0.05, 0.1) is 0 Å². The maximum atomic E-state index is 13.5. The van der Waals surface area contributed by atoms with Crippen LogP contribution in [0.3, 0.4) is 0 Å². The van der Waals surface area contributed by atoms with Crippen molar-refractivity contribution in [1.29, 1.82) is 0 Å². The van der Waals surface area contributed by atoms with Gasteiger partial charge in [0.15, 0.2) is 0 Å². The minimum Gasteiger partial charge on any atom is -0.338 e. The van der Waals surface area contributed by atoms with E-state index >= 15 is 0 Å². The average molecular weight is 274 g/mol. The van der Waals surface area contributed by atoms with E-state index in [1.54, 1.807) is 0 Å². The van der Waals surface area contributed by atoms with Crippen LogP contribution in [0.15, 0.2) is 18.2 Å². The fraction of sp³-hybridized carbons (Fsp3) is 0.462. The van der Waals surface area contributed by atoms with Gasteiger partial charge in [-0.1, -0.05) is 13.0 Å². The third kappa shape index (κ3) is 2.48. The standard InChI is InChI=1S/C13H14ClF2NO/c1-8-7-17(6-5-9(8)14)13(18)12-10(15)3-2-4-11(12)16/h2-4,8-9H,5-7H2,1H3. The summed E-state index contributed by atoms with van der Waals surface area (Å²) in [5.74, 6) is -2.11. The van der Waals surface area contributed by atoms with Crippen LogP contribution in [0.5, 0.6) is 0 Å². The summed E-state index contributed by atoms with van der Waals surface area (Å²) in [7, 11) is 0. The van der Waals surface area contributed by atoms with E-state index in [-0.39, 0.29) is 11.3 Å². The Kier molecular flexibility index (Phi) is 3.85. The van der Waals surface area contributed by atoms with E-state index in [9.17, 15) is 13.6 Å². The lowest BCUT2D eigenvalue weighted by molar-refractivity contribution is 0.0677. The molecule has 0 saturated carbocycles. The monoisotopic (exact) mass is 273 g/mol. The molecule has 0 bridgehead atoms. The Bertz CT molecular complexity index is 446. The zero-order chi connectivity index (χ0) is 13.3. The first kappa shape index (κ1) is 13.3. The Labute approximate surface area is 110 Å². The summed E-state index contributed by atoms with van der Waals surface area (Å²) in [4.78, 5) is 13.6.